The van der Waals surface area contributed by atoms with Crippen molar-refractivity contribution in [3.05, 3.63) is 35.9 Å². The maximum absolute atomic E-state index is 13.7. The van der Waals surface area contributed by atoms with Gasteiger partial charge in [-0.3, -0.25) is 19.8 Å². The van der Waals surface area contributed by atoms with Crippen LogP contribution in [0.4, 0.5) is 0 Å². The Balaban J connectivity index is 1.74. The Morgan fingerprint density at radius 2 is 1.85 bits per heavy atom. The van der Waals surface area contributed by atoms with E-state index in [2.05, 4.69) is 28.4 Å². The molecule has 3 N–H and O–H groups in total. The minimum absolute atomic E-state index is 0.140. The number of carbonyl (C=O) groups excluding carboxylic acids is 3. The van der Waals surface area contributed by atoms with E-state index in [1.807, 2.05) is 45.9 Å². The van der Waals surface area contributed by atoms with E-state index in [-0.39, 0.29) is 28.8 Å². The van der Waals surface area contributed by atoms with Crippen molar-refractivity contribution in [2.75, 3.05) is 6.61 Å². The van der Waals surface area contributed by atoms with Gasteiger partial charge in [-0.15, -0.1) is 0 Å². The van der Waals surface area contributed by atoms with Gasteiger partial charge in [0.1, 0.15) is 6.04 Å². The summed E-state index contributed by atoms with van der Waals surface area (Å²) in [5.41, 5.74) is 6.49. The van der Waals surface area contributed by atoms with E-state index in [1.165, 1.54) is 5.56 Å². The van der Waals surface area contributed by atoms with E-state index in [0.717, 1.165) is 24.3 Å². The number of hydrogen-bond donors (Lipinski definition) is 3. The molecule has 2 unspecified atom stereocenters. The number of amides is 3. The number of aryl methyl sites for hydroxylation is 1. The summed E-state index contributed by atoms with van der Waals surface area (Å²) < 4.78 is 5.59. The van der Waals surface area contributed by atoms with Gasteiger partial charge in [0.25, 0.3) is 5.91 Å². The molecule has 39 heavy (non-hydrogen) atoms. The van der Waals surface area contributed by atoms with E-state index in [4.69, 9.17) is 21.8 Å². The van der Waals surface area contributed by atoms with Crippen LogP contribution in [0, 0.1) is 23.7 Å². The van der Waals surface area contributed by atoms with Crippen molar-refractivity contribution in [1.29, 1.82) is 0 Å². The minimum Gasteiger partial charge on any atom is -0.350 e. The number of benzene rings is 1. The first kappa shape index (κ1) is 31.0. The summed E-state index contributed by atoms with van der Waals surface area (Å²) in [4.78, 5) is 45.8. The molecule has 0 spiro atoms. The number of nitrogens with zero attached hydrogens (tertiary/aromatic N) is 1. The third kappa shape index (κ3) is 9.54. The monoisotopic (exact) mass is 560 g/mol. The van der Waals surface area contributed by atoms with Gasteiger partial charge in [-0.25, -0.2) is 10.3 Å². The van der Waals surface area contributed by atoms with Gasteiger partial charge < -0.3 is 10.1 Å². The van der Waals surface area contributed by atoms with Gasteiger partial charge in [0.15, 0.2) is 11.4 Å². The van der Waals surface area contributed by atoms with Crippen LogP contribution in [0.3, 0.4) is 0 Å². The summed E-state index contributed by atoms with van der Waals surface area (Å²) in [7, 11) is 0. The van der Waals surface area contributed by atoms with Crippen LogP contribution in [-0.4, -0.2) is 46.8 Å². The van der Waals surface area contributed by atoms with Gasteiger partial charge in [-0.2, -0.15) is 5.01 Å². The van der Waals surface area contributed by atoms with Crippen LogP contribution in [0.5, 0.6) is 0 Å². The molecule has 0 radical (unpaired) electrons. The molecule has 2 aliphatic rings. The van der Waals surface area contributed by atoms with Crippen LogP contribution >= 0.6 is 12.2 Å². The molecule has 0 aliphatic carbocycles. The first-order chi connectivity index (χ1) is 18.7. The van der Waals surface area contributed by atoms with Gasteiger partial charge in [-0.05, 0) is 74.6 Å². The number of nitrogens with one attached hydrogen (secondary N) is 3. The molecule has 0 aromatic heterocycles. The van der Waals surface area contributed by atoms with E-state index in [9.17, 15) is 14.4 Å². The van der Waals surface area contributed by atoms with Gasteiger partial charge in [0, 0.05) is 13.0 Å². The quantitative estimate of drug-likeness (QED) is 0.233. The average Bonchev–Trinajstić information content (AvgIpc) is 3.16. The fourth-order valence-corrected chi connectivity index (χ4v) is 5.39. The lowest BCUT2D eigenvalue weighted by molar-refractivity contribution is -0.203. The van der Waals surface area contributed by atoms with E-state index in [1.54, 1.807) is 0 Å². The normalized spacial score (nSPS) is 21.1. The minimum atomic E-state index is -0.684. The number of hydroxylamine groups is 1. The maximum Gasteiger partial charge on any atom is 0.270 e. The second-order valence-corrected chi connectivity index (χ2v) is 11.8. The molecule has 2 heterocycles. The highest BCUT2D eigenvalue weighted by Crippen LogP contribution is 2.27. The van der Waals surface area contributed by atoms with Crippen LogP contribution in [0.15, 0.2) is 30.3 Å². The van der Waals surface area contributed by atoms with Crippen LogP contribution in [0.25, 0.3) is 0 Å². The fraction of sp³-hybridized carbons (Fsp3) is 0.655. The first-order valence-electron chi connectivity index (χ1n) is 14.2. The molecular formula is C29H44N4O5S. The van der Waals surface area contributed by atoms with Crippen LogP contribution in [0.1, 0.15) is 78.2 Å². The van der Waals surface area contributed by atoms with Gasteiger partial charge in [-0.1, -0.05) is 58.0 Å². The van der Waals surface area contributed by atoms with E-state index >= 15 is 0 Å². The van der Waals surface area contributed by atoms with Gasteiger partial charge >= 0.3 is 0 Å². The Bertz CT molecular complexity index is 968. The average molecular weight is 561 g/mol. The molecule has 10 heteroatoms. The summed E-state index contributed by atoms with van der Waals surface area (Å²) in [5, 5.41) is 4.31. The van der Waals surface area contributed by atoms with Crippen LogP contribution in [-0.2, 0) is 30.4 Å². The Kier molecular flexibility index (Phi) is 12.1. The van der Waals surface area contributed by atoms with Crippen LogP contribution in [0.2, 0.25) is 0 Å². The molecule has 9 nitrogen and oxygen atoms in total. The number of hydrogen-bond acceptors (Lipinski definition) is 6. The largest absolute Gasteiger partial charge is 0.350 e. The lowest BCUT2D eigenvalue weighted by Crippen LogP contribution is -2.52. The van der Waals surface area contributed by atoms with E-state index in [0.29, 0.717) is 38.7 Å². The molecule has 1 aromatic rings. The molecule has 4 atom stereocenters. The SMILES string of the molecule is CC(C)CC(C(=O)NN1C(=O)[C@H](CC(C)C)NC1=S)[C@H](CCCc1ccccc1)C(=O)NOC1CCCCO1. The molecule has 2 aliphatic heterocycles. The maximum atomic E-state index is 13.7. The summed E-state index contributed by atoms with van der Waals surface area (Å²) in [5.74, 6) is -1.97. The Morgan fingerprint density at radius 3 is 2.49 bits per heavy atom. The second-order valence-electron chi connectivity index (χ2n) is 11.4. The molecule has 1 aromatic carbocycles. The summed E-state index contributed by atoms with van der Waals surface area (Å²) in [6, 6.07) is 9.58. The second kappa shape index (κ2) is 15.3. The van der Waals surface area contributed by atoms with Gasteiger partial charge in [0.05, 0.1) is 11.8 Å². The molecule has 3 amide bonds. The lowest BCUT2D eigenvalue weighted by Gasteiger charge is -2.29. The number of thiocarbonyl (C=S) groups is 1. The van der Waals surface area contributed by atoms with Crippen molar-refractivity contribution in [1.82, 2.24) is 21.2 Å². The summed E-state index contributed by atoms with van der Waals surface area (Å²) in [6.45, 7) is 8.66. The smallest absolute Gasteiger partial charge is 0.270 e. The predicted molar refractivity (Wildman–Crippen MR) is 153 cm³/mol. The standard InChI is InChI=1S/C29H44N4O5S/c1-19(2)17-23(26(34)31-33-28(36)24(18-20(3)4)30-29(33)39)22(14-10-13-21-11-6-5-7-12-21)27(35)32-38-25-15-8-9-16-37-25/h5-7,11-12,19-20,22-25H,8-10,13-18H2,1-4H3,(H,30,39)(H,31,34)(H,32,35)/t22-,23?,24-,25?/m0/s1. The van der Waals surface area contributed by atoms with Crippen molar-refractivity contribution >= 4 is 35.1 Å². The third-order valence-corrected chi connectivity index (χ3v) is 7.39. The zero-order chi connectivity index (χ0) is 28.4. The van der Waals surface area contributed by atoms with Crippen molar-refractivity contribution in [3.63, 3.8) is 0 Å². The summed E-state index contributed by atoms with van der Waals surface area (Å²) in [6.07, 6.45) is 5.19. The molecular weight excluding hydrogens is 516 g/mol. The lowest BCUT2D eigenvalue weighted by atomic mass is 9.81. The topological polar surface area (TPSA) is 109 Å². The van der Waals surface area contributed by atoms with Crippen LogP contribution < -0.4 is 16.2 Å². The molecule has 216 valence electrons. The number of rotatable bonds is 14. The predicted octanol–water partition coefficient (Wildman–Crippen LogP) is 4.02. The number of ether oxygens (including phenoxy) is 1. The highest BCUT2D eigenvalue weighted by atomic mass is 32.1. The third-order valence-electron chi connectivity index (χ3n) is 7.09. The highest BCUT2D eigenvalue weighted by molar-refractivity contribution is 7.80. The Labute approximate surface area is 237 Å². The van der Waals surface area contributed by atoms with Gasteiger partial charge in [0.2, 0.25) is 11.8 Å². The molecule has 2 fully saturated rings. The molecule has 0 bridgehead atoms. The van der Waals surface area contributed by atoms with Crippen molar-refractivity contribution in [2.45, 2.75) is 91.4 Å². The zero-order valence-electron chi connectivity index (χ0n) is 23.6. The highest BCUT2D eigenvalue weighted by Gasteiger charge is 2.40. The molecule has 2 saturated heterocycles. The zero-order valence-corrected chi connectivity index (χ0v) is 24.4. The Hall–Kier alpha value is -2.56. The fourth-order valence-electron chi connectivity index (χ4n) is 5.11. The molecule has 0 saturated carbocycles. The Morgan fingerprint density at radius 1 is 1.10 bits per heavy atom. The van der Waals surface area contributed by atoms with Crippen molar-refractivity contribution in [3.8, 4) is 0 Å². The first-order valence-corrected chi connectivity index (χ1v) is 14.6. The summed E-state index contributed by atoms with van der Waals surface area (Å²) >= 11 is 5.36. The number of carbonyl (C=O) groups is 3. The number of hydrazine groups is 1. The molecule has 3 rings (SSSR count). The van der Waals surface area contributed by atoms with E-state index < -0.39 is 30.1 Å². The van der Waals surface area contributed by atoms with Crippen molar-refractivity contribution in [2.24, 2.45) is 23.7 Å². The van der Waals surface area contributed by atoms with Crippen molar-refractivity contribution < 1.29 is 24.0 Å².